The minimum absolute atomic E-state index is 0.0285. The fraction of sp³-hybridized carbons (Fsp3) is 0.500. The van der Waals surface area contributed by atoms with Gasteiger partial charge in [-0.05, 0) is 39.2 Å². The Kier molecular flexibility index (Phi) is 6.57. The van der Waals surface area contributed by atoms with Crippen molar-refractivity contribution in [1.29, 1.82) is 0 Å². The van der Waals surface area contributed by atoms with Crippen LogP contribution in [0.15, 0.2) is 12.1 Å². The summed E-state index contributed by atoms with van der Waals surface area (Å²) in [6.45, 7) is 1.55. The topological polar surface area (TPSA) is 43.8 Å². The zero-order chi connectivity index (χ0) is 14.3. The lowest BCUT2D eigenvalue weighted by Crippen LogP contribution is -2.29. The summed E-state index contributed by atoms with van der Waals surface area (Å²) in [5.41, 5.74) is 0. The fourth-order valence-corrected chi connectivity index (χ4v) is 2.44. The Bertz CT molecular complexity index is 471. The summed E-state index contributed by atoms with van der Waals surface area (Å²) in [4.78, 5) is 17.5. The number of amides is 1. The molecule has 0 aromatic carbocycles. The third kappa shape index (κ3) is 5.43. The second-order valence-electron chi connectivity index (χ2n) is 4.51. The summed E-state index contributed by atoms with van der Waals surface area (Å²) in [6.07, 6.45) is 0.956. The molecule has 0 bridgehead atoms. The van der Waals surface area contributed by atoms with Crippen LogP contribution in [0.5, 0.6) is 0 Å². The van der Waals surface area contributed by atoms with Crippen molar-refractivity contribution in [1.82, 2.24) is 9.80 Å². The van der Waals surface area contributed by atoms with Gasteiger partial charge in [0.15, 0.2) is 0 Å². The average molecular weight is 280 g/mol. The predicted octanol–water partition coefficient (Wildman–Crippen LogP) is 1.12. The van der Waals surface area contributed by atoms with Gasteiger partial charge < -0.3 is 14.9 Å². The molecule has 0 atom stereocenters. The number of rotatable bonds is 5. The summed E-state index contributed by atoms with van der Waals surface area (Å²) in [5, 5.41) is 8.63. The maximum atomic E-state index is 12.1. The van der Waals surface area contributed by atoms with E-state index in [0.717, 1.165) is 24.4 Å². The molecule has 0 aliphatic heterocycles. The molecule has 0 saturated carbocycles. The summed E-state index contributed by atoms with van der Waals surface area (Å²) in [6, 6.07) is 3.60. The van der Waals surface area contributed by atoms with Crippen molar-refractivity contribution in [2.75, 3.05) is 40.8 Å². The molecule has 1 aromatic rings. The molecule has 0 spiro atoms. The van der Waals surface area contributed by atoms with Crippen LogP contribution in [0.3, 0.4) is 0 Å². The van der Waals surface area contributed by atoms with Crippen LogP contribution in [0.4, 0.5) is 0 Å². The van der Waals surface area contributed by atoms with Crippen molar-refractivity contribution < 1.29 is 9.90 Å². The zero-order valence-corrected chi connectivity index (χ0v) is 12.5. The molecule has 0 aliphatic rings. The number of hydrogen-bond acceptors (Lipinski definition) is 4. The minimum Gasteiger partial charge on any atom is -0.384 e. The molecule has 0 fully saturated rings. The van der Waals surface area contributed by atoms with Crippen LogP contribution >= 0.6 is 11.3 Å². The molecular weight excluding hydrogens is 260 g/mol. The largest absolute Gasteiger partial charge is 0.384 e. The third-order valence-corrected chi connectivity index (χ3v) is 3.54. The van der Waals surface area contributed by atoms with E-state index < -0.39 is 0 Å². The number of carbonyl (C=O) groups is 1. The van der Waals surface area contributed by atoms with Crippen LogP contribution in [0.2, 0.25) is 0 Å². The van der Waals surface area contributed by atoms with Gasteiger partial charge in [0.1, 0.15) is 6.61 Å². The normalized spacial score (nSPS) is 10.2. The number of nitrogens with zero attached hydrogens (tertiary/aromatic N) is 2. The Morgan fingerprint density at radius 2 is 2.05 bits per heavy atom. The summed E-state index contributed by atoms with van der Waals surface area (Å²) < 4.78 is 0. The van der Waals surface area contributed by atoms with E-state index in [1.807, 2.05) is 27.2 Å². The summed E-state index contributed by atoms with van der Waals surface area (Å²) in [7, 11) is 5.86. The molecule has 5 heteroatoms. The van der Waals surface area contributed by atoms with Crippen LogP contribution in [-0.2, 0) is 0 Å². The van der Waals surface area contributed by atoms with E-state index >= 15 is 0 Å². The number of hydrogen-bond donors (Lipinski definition) is 1. The molecule has 1 N–H and O–H groups in total. The SMILES string of the molecule is CN(C)CCCN(C)C(=O)c1ccc(C#CCO)s1. The van der Waals surface area contributed by atoms with E-state index in [1.165, 1.54) is 11.3 Å². The van der Waals surface area contributed by atoms with Crippen LogP contribution in [0, 0.1) is 11.8 Å². The van der Waals surface area contributed by atoms with E-state index in [2.05, 4.69) is 16.7 Å². The van der Waals surface area contributed by atoms with E-state index in [-0.39, 0.29) is 12.5 Å². The molecule has 1 heterocycles. The number of aliphatic hydroxyl groups is 1. The number of carbonyl (C=O) groups excluding carboxylic acids is 1. The van der Waals surface area contributed by atoms with Gasteiger partial charge in [-0.2, -0.15) is 0 Å². The second kappa shape index (κ2) is 7.95. The summed E-state index contributed by atoms with van der Waals surface area (Å²) in [5.74, 6) is 5.41. The smallest absolute Gasteiger partial charge is 0.263 e. The maximum absolute atomic E-state index is 12.1. The highest BCUT2D eigenvalue weighted by Gasteiger charge is 2.13. The Hall–Kier alpha value is -1.35. The third-order valence-electron chi connectivity index (χ3n) is 2.55. The van der Waals surface area contributed by atoms with E-state index in [0.29, 0.717) is 4.88 Å². The van der Waals surface area contributed by atoms with Crippen molar-refractivity contribution in [3.63, 3.8) is 0 Å². The van der Waals surface area contributed by atoms with Crippen LogP contribution in [0.1, 0.15) is 21.0 Å². The van der Waals surface area contributed by atoms with E-state index in [9.17, 15) is 4.79 Å². The monoisotopic (exact) mass is 280 g/mol. The highest BCUT2D eigenvalue weighted by molar-refractivity contribution is 7.14. The van der Waals surface area contributed by atoms with Gasteiger partial charge in [0.25, 0.3) is 5.91 Å². The molecule has 0 radical (unpaired) electrons. The molecule has 19 heavy (non-hydrogen) atoms. The van der Waals surface area contributed by atoms with Gasteiger partial charge in [0, 0.05) is 13.6 Å². The Balaban J connectivity index is 2.54. The van der Waals surface area contributed by atoms with Crippen molar-refractivity contribution in [2.45, 2.75) is 6.42 Å². The fourth-order valence-electron chi connectivity index (χ4n) is 1.56. The maximum Gasteiger partial charge on any atom is 0.263 e. The quantitative estimate of drug-likeness (QED) is 0.822. The van der Waals surface area contributed by atoms with Gasteiger partial charge in [-0.3, -0.25) is 4.79 Å². The van der Waals surface area contributed by atoms with Crippen LogP contribution < -0.4 is 0 Å². The molecule has 1 amide bonds. The standard InChI is InChI=1S/C14H20N2O2S/c1-15(2)9-5-10-16(3)14(18)13-8-7-12(19-13)6-4-11-17/h7-8,17H,5,9-11H2,1-3H3. The molecule has 1 aromatic heterocycles. The highest BCUT2D eigenvalue weighted by Crippen LogP contribution is 2.17. The first kappa shape index (κ1) is 15.7. The predicted molar refractivity (Wildman–Crippen MR) is 78.4 cm³/mol. The minimum atomic E-state index is -0.161. The van der Waals surface area contributed by atoms with E-state index in [1.54, 1.807) is 11.0 Å². The number of aliphatic hydroxyl groups excluding tert-OH is 1. The molecule has 0 unspecified atom stereocenters. The van der Waals surface area contributed by atoms with Crippen molar-refractivity contribution in [3.05, 3.63) is 21.9 Å². The highest BCUT2D eigenvalue weighted by atomic mass is 32.1. The molecule has 1 rings (SSSR count). The molecule has 0 saturated heterocycles. The molecular formula is C14H20N2O2S. The molecule has 0 aliphatic carbocycles. The molecule has 104 valence electrons. The average Bonchev–Trinajstić information content (AvgIpc) is 2.83. The first-order valence-corrected chi connectivity index (χ1v) is 6.96. The first-order chi connectivity index (χ1) is 9.04. The van der Waals surface area contributed by atoms with E-state index in [4.69, 9.17) is 5.11 Å². The first-order valence-electron chi connectivity index (χ1n) is 6.14. The van der Waals surface area contributed by atoms with Gasteiger partial charge >= 0.3 is 0 Å². The Labute approximate surface area is 118 Å². The van der Waals surface area contributed by atoms with Crippen molar-refractivity contribution in [2.24, 2.45) is 0 Å². The van der Waals surface area contributed by atoms with Crippen molar-refractivity contribution in [3.8, 4) is 11.8 Å². The zero-order valence-electron chi connectivity index (χ0n) is 11.6. The lowest BCUT2D eigenvalue weighted by atomic mass is 10.3. The Morgan fingerprint density at radius 1 is 1.32 bits per heavy atom. The van der Waals surface area contributed by atoms with Gasteiger partial charge in [-0.25, -0.2) is 0 Å². The van der Waals surface area contributed by atoms with Crippen LogP contribution in [-0.4, -0.2) is 61.7 Å². The summed E-state index contributed by atoms with van der Waals surface area (Å²) >= 11 is 1.36. The van der Waals surface area contributed by atoms with Gasteiger partial charge in [-0.1, -0.05) is 11.8 Å². The van der Waals surface area contributed by atoms with Crippen LogP contribution in [0.25, 0.3) is 0 Å². The van der Waals surface area contributed by atoms with Gasteiger partial charge in [0.2, 0.25) is 0 Å². The lowest BCUT2D eigenvalue weighted by molar-refractivity contribution is 0.0795. The lowest BCUT2D eigenvalue weighted by Gasteiger charge is -2.17. The van der Waals surface area contributed by atoms with Gasteiger partial charge in [-0.15, -0.1) is 11.3 Å². The number of thiophene rings is 1. The van der Waals surface area contributed by atoms with Crippen molar-refractivity contribution >= 4 is 17.2 Å². The van der Waals surface area contributed by atoms with Gasteiger partial charge in [0.05, 0.1) is 9.75 Å². The second-order valence-corrected chi connectivity index (χ2v) is 5.59. The molecule has 4 nitrogen and oxygen atoms in total. The Morgan fingerprint density at radius 3 is 2.68 bits per heavy atom.